The number of rotatable bonds is 10. The van der Waals surface area contributed by atoms with Gasteiger partial charge in [0.05, 0.1) is 66.2 Å². The molecule has 0 aliphatic heterocycles. The molecule has 0 unspecified atom stereocenters. The van der Waals surface area contributed by atoms with Crippen LogP contribution >= 0.6 is 0 Å². The van der Waals surface area contributed by atoms with Gasteiger partial charge in [-0.1, -0.05) is 231 Å². The Morgan fingerprint density at radius 1 is 0.200 bits per heavy atom. The van der Waals surface area contributed by atoms with Crippen LogP contribution in [0.15, 0.2) is 328 Å². The summed E-state index contributed by atoms with van der Waals surface area (Å²) in [6.07, 6.45) is 0. The Bertz CT molecular complexity index is 5970. The fraction of sp³-hybridized carbons (Fsp3) is 0. The quantitative estimate of drug-likeness (QED) is 0.101. The van der Waals surface area contributed by atoms with Gasteiger partial charge in [-0.3, -0.25) is 27.1 Å². The molecule has 0 aliphatic rings. The van der Waals surface area contributed by atoms with E-state index in [1.54, 1.807) is 0 Å². The van der Waals surface area contributed by atoms with Gasteiger partial charge in [0.1, 0.15) is 23.3 Å². The molecule has 0 fully saturated rings. The van der Waals surface area contributed by atoms with Crippen molar-refractivity contribution in [3.8, 4) is 45.5 Å². The van der Waals surface area contributed by atoms with Crippen LogP contribution in [0, 0.1) is 0 Å². The highest BCUT2D eigenvalue weighted by Gasteiger charge is 2.41. The van der Waals surface area contributed by atoms with E-state index < -0.39 is 8.07 Å². The highest BCUT2D eigenvalue weighted by molar-refractivity contribution is 7.19. The smallest absolute Gasteiger partial charge is 0.221 e. The molecule has 20 rings (SSSR count). The molecule has 0 atom stereocenters. The van der Waals surface area contributed by atoms with Gasteiger partial charge in [0, 0.05) is 21.5 Å². The lowest BCUT2D eigenvalue weighted by Gasteiger charge is -2.34. The Morgan fingerprint density at radius 3 is 0.832 bits per heavy atom. The third-order valence-corrected chi connectivity index (χ3v) is 24.4. The summed E-state index contributed by atoms with van der Waals surface area (Å²) < 4.78 is 13.6. The second-order valence-electron chi connectivity index (χ2n) is 24.6. The fourth-order valence-corrected chi connectivity index (χ4v) is 20.2. The average molecular weight is 1230 g/mol. The number of nitrogens with zero attached hydrogens (tertiary/aromatic N) is 10. The van der Waals surface area contributed by atoms with Gasteiger partial charge in [-0.05, 0) is 140 Å². The van der Waals surface area contributed by atoms with Gasteiger partial charge in [0.15, 0.2) is 8.07 Å². The van der Waals surface area contributed by atoms with Crippen molar-refractivity contribution in [1.82, 2.24) is 47.0 Å². The largest absolute Gasteiger partial charge is 0.294 e. The van der Waals surface area contributed by atoms with Crippen molar-refractivity contribution < 1.29 is 0 Å². The van der Waals surface area contributed by atoms with Crippen molar-refractivity contribution in [3.63, 3.8) is 0 Å². The van der Waals surface area contributed by atoms with E-state index in [1.807, 2.05) is 0 Å². The Labute approximate surface area is 545 Å². The maximum absolute atomic E-state index is 5.68. The second kappa shape index (κ2) is 20.7. The van der Waals surface area contributed by atoms with E-state index in [0.29, 0.717) is 0 Å². The molecule has 0 aliphatic carbocycles. The molecule has 8 heterocycles. The van der Waals surface area contributed by atoms with Crippen LogP contribution in [-0.4, -0.2) is 55.1 Å². The first-order valence-electron chi connectivity index (χ1n) is 32.2. The van der Waals surface area contributed by atoms with Gasteiger partial charge in [-0.15, -0.1) is 0 Å². The zero-order valence-electron chi connectivity index (χ0n) is 51.1. The van der Waals surface area contributed by atoms with E-state index in [1.165, 1.54) is 42.3 Å². The molecule has 0 bridgehead atoms. The van der Waals surface area contributed by atoms with E-state index in [0.717, 1.165) is 123 Å². The van der Waals surface area contributed by atoms with Crippen LogP contribution in [0.1, 0.15) is 0 Å². The standard InChI is InChI=1S/C84H54N10Si/c1-3-23-59(24-4-1)95(60-25-5-2-6-26-60,61-47-43-55(44-48-61)57-51-79(89-69-33-13-7-27-63(69)64-28-8-14-34-70(64)89)87-81(53-57)93-77-41-21-19-39-75(77)91-73-37-17-11-31-67(73)85-83(91)93)62-49-45-56(46-50-62)58-52-80(90-71-35-15-9-29-65(71)66-30-10-16-36-72(66)90)88-82(54-58)94-78-42-22-20-40-76(78)92-74-38-18-12-32-68(74)86-84(92)94/h1-54H. The summed E-state index contributed by atoms with van der Waals surface area (Å²) >= 11 is 0. The van der Waals surface area contributed by atoms with E-state index in [2.05, 4.69) is 355 Å². The summed E-state index contributed by atoms with van der Waals surface area (Å²) in [6.45, 7) is 0. The maximum atomic E-state index is 5.68. The van der Waals surface area contributed by atoms with Crippen LogP contribution in [0.4, 0.5) is 0 Å². The number of pyridine rings is 2. The van der Waals surface area contributed by atoms with Gasteiger partial charge in [-0.25, -0.2) is 19.9 Å². The number of hydrogen-bond donors (Lipinski definition) is 0. The zero-order valence-corrected chi connectivity index (χ0v) is 52.1. The number of fused-ring (bicyclic) bond motifs is 16. The van der Waals surface area contributed by atoms with E-state index in [4.69, 9.17) is 19.9 Å². The van der Waals surface area contributed by atoms with Crippen molar-refractivity contribution in [2.45, 2.75) is 0 Å². The Hall–Kier alpha value is -12.7. The van der Waals surface area contributed by atoms with Crippen LogP contribution < -0.4 is 20.7 Å². The minimum absolute atomic E-state index is 0.774. The lowest BCUT2D eigenvalue weighted by molar-refractivity contribution is 0.996. The fourth-order valence-electron chi connectivity index (χ4n) is 15.5. The summed E-state index contributed by atoms with van der Waals surface area (Å²) in [5.74, 6) is 4.79. The summed E-state index contributed by atoms with van der Waals surface area (Å²) in [6, 6.07) is 119. The predicted octanol–water partition coefficient (Wildman–Crippen LogP) is 16.9. The van der Waals surface area contributed by atoms with Crippen molar-refractivity contribution in [2.24, 2.45) is 0 Å². The lowest BCUT2D eigenvalue weighted by atomic mass is 10.1. The molecule has 0 radical (unpaired) electrons. The van der Waals surface area contributed by atoms with E-state index in [9.17, 15) is 0 Å². The number of para-hydroxylation sites is 12. The van der Waals surface area contributed by atoms with Crippen LogP contribution in [0.3, 0.4) is 0 Å². The molecule has 0 amide bonds. The van der Waals surface area contributed by atoms with Gasteiger partial charge in [0.2, 0.25) is 11.6 Å². The number of benzene rings is 12. The van der Waals surface area contributed by atoms with Gasteiger partial charge in [0.25, 0.3) is 0 Å². The molecule has 0 saturated carbocycles. The molecule has 20 aromatic rings. The van der Waals surface area contributed by atoms with Crippen LogP contribution in [0.5, 0.6) is 0 Å². The predicted molar refractivity (Wildman–Crippen MR) is 391 cm³/mol. The van der Waals surface area contributed by atoms with Crippen molar-refractivity contribution in [2.75, 3.05) is 0 Å². The Kier molecular flexibility index (Phi) is 11.5. The molecule has 95 heavy (non-hydrogen) atoms. The molecule has 0 N–H and O–H groups in total. The molecule has 0 spiro atoms. The van der Waals surface area contributed by atoms with Crippen LogP contribution in [-0.2, 0) is 0 Å². The first-order chi connectivity index (χ1) is 47.1. The minimum Gasteiger partial charge on any atom is -0.294 e. The first kappa shape index (κ1) is 53.0. The lowest BCUT2D eigenvalue weighted by Crippen LogP contribution is -2.74. The van der Waals surface area contributed by atoms with Gasteiger partial charge < -0.3 is 0 Å². The zero-order chi connectivity index (χ0) is 62.3. The number of aromatic nitrogens is 10. The monoisotopic (exact) mass is 1230 g/mol. The van der Waals surface area contributed by atoms with Crippen molar-refractivity contribution in [3.05, 3.63) is 328 Å². The summed E-state index contributed by atoms with van der Waals surface area (Å²) in [5.41, 5.74) is 16.7. The molecule has 12 aromatic carbocycles. The van der Waals surface area contributed by atoms with Gasteiger partial charge >= 0.3 is 0 Å². The molecule has 8 aromatic heterocycles. The number of imidazole rings is 4. The highest BCUT2D eigenvalue weighted by Crippen LogP contribution is 2.39. The first-order valence-corrected chi connectivity index (χ1v) is 34.2. The Balaban J connectivity index is 0.780. The Morgan fingerprint density at radius 2 is 0.474 bits per heavy atom. The number of hydrogen-bond acceptors (Lipinski definition) is 4. The van der Waals surface area contributed by atoms with E-state index in [-0.39, 0.29) is 0 Å². The third kappa shape index (κ3) is 7.84. The molecule has 11 heteroatoms. The van der Waals surface area contributed by atoms with Crippen LogP contribution in [0.2, 0.25) is 0 Å². The molecular weight excluding hydrogens is 1180 g/mol. The highest BCUT2D eigenvalue weighted by atomic mass is 28.3. The van der Waals surface area contributed by atoms with Crippen LogP contribution in [0.25, 0.3) is 145 Å². The molecular formula is C84H54N10Si. The maximum Gasteiger partial charge on any atom is 0.221 e. The van der Waals surface area contributed by atoms with Crippen molar-refractivity contribution in [1.29, 1.82) is 0 Å². The van der Waals surface area contributed by atoms with E-state index >= 15 is 0 Å². The third-order valence-electron chi connectivity index (χ3n) is 19.6. The molecule has 10 nitrogen and oxygen atoms in total. The molecule has 444 valence electrons. The van der Waals surface area contributed by atoms with Crippen molar-refractivity contribution >= 4 is 128 Å². The molecule has 0 saturated heterocycles. The minimum atomic E-state index is -3.11. The topological polar surface area (TPSA) is 80.1 Å². The SMILES string of the molecule is c1ccc([Si](c2ccccc2)(c2ccc(-c3cc(-n4c5ccccc5c5ccccc54)nc(-n4c5ccccc5n5c6ccccc6nc45)c3)cc2)c2ccc(-c3cc(-n4c5ccccc5c5ccccc54)nc(-n4c5ccccc5n5c6ccccc6nc45)c3)cc2)cc1. The normalized spacial score (nSPS) is 12.2. The summed E-state index contributed by atoms with van der Waals surface area (Å²) in [5, 5.41) is 9.82. The second-order valence-corrected chi connectivity index (χ2v) is 28.5. The average Bonchev–Trinajstić information content (AvgIpc) is 1.73. The summed E-state index contributed by atoms with van der Waals surface area (Å²) in [4.78, 5) is 22.0. The van der Waals surface area contributed by atoms with Gasteiger partial charge in [-0.2, -0.15) is 0 Å². The summed E-state index contributed by atoms with van der Waals surface area (Å²) in [7, 11) is -3.11.